The van der Waals surface area contributed by atoms with Crippen molar-refractivity contribution in [2.75, 3.05) is 36.1 Å². The van der Waals surface area contributed by atoms with Crippen LogP contribution in [-0.2, 0) is 14.8 Å². The molecular formula is C22H29N3O5S. The summed E-state index contributed by atoms with van der Waals surface area (Å²) < 4.78 is 31.1. The molecule has 0 atom stereocenters. The van der Waals surface area contributed by atoms with E-state index in [9.17, 15) is 18.0 Å². The monoisotopic (exact) mass is 447 g/mol. The molecule has 0 radical (unpaired) electrons. The molecule has 2 aromatic rings. The molecular weight excluding hydrogens is 418 g/mol. The Morgan fingerprint density at radius 1 is 1.06 bits per heavy atom. The maximum absolute atomic E-state index is 12.5. The van der Waals surface area contributed by atoms with E-state index in [1.807, 2.05) is 6.92 Å². The largest absolute Gasteiger partial charge is 0.495 e. The van der Waals surface area contributed by atoms with Crippen LogP contribution in [0.25, 0.3) is 0 Å². The number of hydrogen-bond acceptors (Lipinski definition) is 5. The Bertz CT molecular complexity index is 1010. The second-order valence-electron chi connectivity index (χ2n) is 6.96. The Morgan fingerprint density at radius 3 is 2.42 bits per heavy atom. The zero-order valence-corrected chi connectivity index (χ0v) is 18.9. The summed E-state index contributed by atoms with van der Waals surface area (Å²) in [5.74, 6) is -0.120. The minimum Gasteiger partial charge on any atom is -0.495 e. The number of anilines is 2. The number of amides is 2. The van der Waals surface area contributed by atoms with Gasteiger partial charge in [0.25, 0.3) is 5.91 Å². The van der Waals surface area contributed by atoms with Gasteiger partial charge in [0.15, 0.2) is 0 Å². The average Bonchev–Trinajstić information content (AvgIpc) is 2.74. The number of carbonyl (C=O) groups is 2. The number of benzene rings is 2. The number of nitrogens with zero attached hydrogens (tertiary/aromatic N) is 1. The zero-order valence-electron chi connectivity index (χ0n) is 18.1. The Balaban J connectivity index is 2.03. The second kappa shape index (κ2) is 11.4. The van der Waals surface area contributed by atoms with E-state index in [-0.39, 0.29) is 24.8 Å². The number of nitrogens with one attached hydrogen (secondary N) is 2. The molecule has 168 valence electrons. The first kappa shape index (κ1) is 24.2. The Morgan fingerprint density at radius 2 is 1.74 bits per heavy atom. The number of hydrogen-bond donors (Lipinski definition) is 2. The predicted octanol–water partition coefficient (Wildman–Crippen LogP) is 3.02. The van der Waals surface area contributed by atoms with Crippen molar-refractivity contribution in [1.29, 1.82) is 0 Å². The summed E-state index contributed by atoms with van der Waals surface area (Å²) in [5.41, 5.74) is 1.23. The Kier molecular flexibility index (Phi) is 8.87. The predicted molar refractivity (Wildman–Crippen MR) is 122 cm³/mol. The van der Waals surface area contributed by atoms with Gasteiger partial charge in [0.1, 0.15) is 5.75 Å². The van der Waals surface area contributed by atoms with Gasteiger partial charge in [0.2, 0.25) is 15.9 Å². The SMILES string of the molecule is CCCNC(=O)c1ccccc1NC(=O)CCCN(c1ccccc1OC)S(C)(=O)=O. The third-order valence-corrected chi connectivity index (χ3v) is 5.68. The standard InChI is InChI=1S/C22H29N3O5S/c1-4-15-23-22(27)17-10-5-6-11-18(17)24-21(26)14-9-16-25(31(3,28)29)19-12-7-8-13-20(19)30-2/h5-8,10-13H,4,9,14-16H2,1-3H3,(H,23,27)(H,24,26). The number of rotatable bonds is 11. The van der Waals surface area contributed by atoms with Crippen LogP contribution in [0.1, 0.15) is 36.5 Å². The fourth-order valence-electron chi connectivity index (χ4n) is 3.02. The highest BCUT2D eigenvalue weighted by atomic mass is 32.2. The van der Waals surface area contributed by atoms with E-state index >= 15 is 0 Å². The first-order valence-corrected chi connectivity index (χ1v) is 11.9. The summed E-state index contributed by atoms with van der Waals surface area (Å²) >= 11 is 0. The molecule has 8 nitrogen and oxygen atoms in total. The van der Waals surface area contributed by atoms with Crippen LogP contribution in [0.15, 0.2) is 48.5 Å². The number of carbonyl (C=O) groups excluding carboxylic acids is 2. The smallest absolute Gasteiger partial charge is 0.253 e. The van der Waals surface area contributed by atoms with Gasteiger partial charge < -0.3 is 15.4 Å². The molecule has 2 rings (SSSR count). The molecule has 9 heteroatoms. The van der Waals surface area contributed by atoms with E-state index in [2.05, 4.69) is 10.6 Å². The van der Waals surface area contributed by atoms with Crippen molar-refractivity contribution in [3.63, 3.8) is 0 Å². The number of sulfonamides is 1. The maximum Gasteiger partial charge on any atom is 0.253 e. The van der Waals surface area contributed by atoms with Crippen molar-refractivity contribution in [1.82, 2.24) is 5.32 Å². The van der Waals surface area contributed by atoms with Crippen LogP contribution >= 0.6 is 0 Å². The number of ether oxygens (including phenoxy) is 1. The number of para-hydroxylation sites is 3. The van der Waals surface area contributed by atoms with Crippen LogP contribution in [0, 0.1) is 0 Å². The molecule has 0 aromatic heterocycles. The first-order valence-electron chi connectivity index (χ1n) is 10.1. The van der Waals surface area contributed by atoms with Gasteiger partial charge in [-0.3, -0.25) is 13.9 Å². The lowest BCUT2D eigenvalue weighted by Crippen LogP contribution is -2.32. The van der Waals surface area contributed by atoms with Gasteiger partial charge in [-0.15, -0.1) is 0 Å². The molecule has 0 fully saturated rings. The Hall–Kier alpha value is -3.07. The molecule has 0 saturated heterocycles. The minimum absolute atomic E-state index is 0.0894. The van der Waals surface area contributed by atoms with Crippen molar-refractivity contribution in [3.8, 4) is 5.75 Å². The molecule has 0 aliphatic rings. The normalized spacial score (nSPS) is 10.9. The van der Waals surface area contributed by atoms with Gasteiger partial charge in [-0.25, -0.2) is 8.42 Å². The molecule has 0 spiro atoms. The van der Waals surface area contributed by atoms with Gasteiger partial charge >= 0.3 is 0 Å². The molecule has 2 amide bonds. The summed E-state index contributed by atoms with van der Waals surface area (Å²) in [6, 6.07) is 13.6. The van der Waals surface area contributed by atoms with Crippen LogP contribution in [0.2, 0.25) is 0 Å². The lowest BCUT2D eigenvalue weighted by Gasteiger charge is -2.24. The van der Waals surface area contributed by atoms with Crippen molar-refractivity contribution < 1.29 is 22.7 Å². The van der Waals surface area contributed by atoms with E-state index in [0.29, 0.717) is 35.7 Å². The molecule has 2 N–H and O–H groups in total. The topological polar surface area (TPSA) is 105 Å². The number of methoxy groups -OCH3 is 1. The summed E-state index contributed by atoms with van der Waals surface area (Å²) in [7, 11) is -2.09. The van der Waals surface area contributed by atoms with Crippen LogP contribution in [0.3, 0.4) is 0 Å². The summed E-state index contributed by atoms with van der Waals surface area (Å²) in [4.78, 5) is 24.7. The van der Waals surface area contributed by atoms with E-state index in [1.165, 1.54) is 11.4 Å². The second-order valence-corrected chi connectivity index (χ2v) is 8.87. The fourth-order valence-corrected chi connectivity index (χ4v) is 3.99. The molecule has 2 aromatic carbocycles. The molecule has 31 heavy (non-hydrogen) atoms. The third-order valence-electron chi connectivity index (χ3n) is 4.50. The van der Waals surface area contributed by atoms with Gasteiger partial charge in [-0.2, -0.15) is 0 Å². The highest BCUT2D eigenvalue weighted by Crippen LogP contribution is 2.29. The highest BCUT2D eigenvalue weighted by Gasteiger charge is 2.21. The van der Waals surface area contributed by atoms with E-state index in [4.69, 9.17) is 4.74 Å². The van der Waals surface area contributed by atoms with Crippen LogP contribution in [0.5, 0.6) is 5.75 Å². The average molecular weight is 448 g/mol. The van der Waals surface area contributed by atoms with Crippen LogP contribution in [-0.4, -0.2) is 46.7 Å². The summed E-state index contributed by atoms with van der Waals surface area (Å²) in [5, 5.41) is 5.54. The van der Waals surface area contributed by atoms with E-state index in [1.54, 1.807) is 48.5 Å². The highest BCUT2D eigenvalue weighted by molar-refractivity contribution is 7.92. The van der Waals surface area contributed by atoms with Crippen molar-refractivity contribution in [2.45, 2.75) is 26.2 Å². The van der Waals surface area contributed by atoms with E-state index < -0.39 is 10.0 Å². The van der Waals surface area contributed by atoms with Crippen molar-refractivity contribution in [3.05, 3.63) is 54.1 Å². The van der Waals surface area contributed by atoms with E-state index in [0.717, 1.165) is 12.7 Å². The quantitative estimate of drug-likeness (QED) is 0.551. The molecule has 0 saturated carbocycles. The van der Waals surface area contributed by atoms with Gasteiger partial charge in [0.05, 0.1) is 30.3 Å². The molecule has 0 aliphatic heterocycles. The maximum atomic E-state index is 12.5. The minimum atomic E-state index is -3.57. The third kappa shape index (κ3) is 6.99. The van der Waals surface area contributed by atoms with Crippen molar-refractivity contribution >= 4 is 33.2 Å². The van der Waals surface area contributed by atoms with Crippen LogP contribution < -0.4 is 19.7 Å². The van der Waals surface area contributed by atoms with Gasteiger partial charge in [0, 0.05) is 19.5 Å². The first-order chi connectivity index (χ1) is 14.8. The zero-order chi connectivity index (χ0) is 22.9. The molecule has 0 aliphatic carbocycles. The molecule has 0 bridgehead atoms. The molecule has 0 heterocycles. The molecule has 0 unspecified atom stereocenters. The van der Waals surface area contributed by atoms with Crippen LogP contribution in [0.4, 0.5) is 11.4 Å². The lowest BCUT2D eigenvalue weighted by atomic mass is 10.1. The Labute approximate surface area is 183 Å². The van der Waals surface area contributed by atoms with Gasteiger partial charge in [-0.1, -0.05) is 31.2 Å². The van der Waals surface area contributed by atoms with Crippen molar-refractivity contribution in [2.24, 2.45) is 0 Å². The van der Waals surface area contributed by atoms with Gasteiger partial charge in [-0.05, 0) is 37.1 Å². The lowest BCUT2D eigenvalue weighted by molar-refractivity contribution is -0.116. The summed E-state index contributed by atoms with van der Waals surface area (Å²) in [6.45, 7) is 2.62. The fraction of sp³-hybridized carbons (Fsp3) is 0.364. The summed E-state index contributed by atoms with van der Waals surface area (Å²) in [6.07, 6.45) is 2.31.